The number of hydrogen-bond donors (Lipinski definition) is 1. The van der Waals surface area contributed by atoms with Crippen molar-refractivity contribution in [2.75, 3.05) is 13.2 Å². The van der Waals surface area contributed by atoms with E-state index in [2.05, 4.69) is 36.9 Å². The van der Waals surface area contributed by atoms with Crippen LogP contribution in [0.4, 0.5) is 0 Å². The fraction of sp³-hybridized carbons (Fsp3) is 0.455. The van der Waals surface area contributed by atoms with E-state index in [1.807, 2.05) is 13.8 Å². The van der Waals surface area contributed by atoms with E-state index in [1.54, 1.807) is 0 Å². The topological polar surface area (TPSA) is 68.1 Å². The van der Waals surface area contributed by atoms with Gasteiger partial charge in [-0.15, -0.1) is 11.3 Å². The Hall–Kier alpha value is -0.600. The number of rotatable bonds is 4. The second-order valence-electron chi connectivity index (χ2n) is 4.55. The number of carbonyl (C=O) groups is 1. The lowest BCUT2D eigenvalue weighted by molar-refractivity contribution is -0.139. The minimum atomic E-state index is -1.03. The van der Waals surface area contributed by atoms with Gasteiger partial charge in [0.1, 0.15) is 11.5 Å². The van der Waals surface area contributed by atoms with Gasteiger partial charge in [-0.1, -0.05) is 0 Å². The van der Waals surface area contributed by atoms with Gasteiger partial charge in [0.2, 0.25) is 5.90 Å². The SMILES string of the molecule is CC1(C)COC(c2sc(Br)c(Br)c2OCC(=O)O)=N1. The van der Waals surface area contributed by atoms with Crippen molar-refractivity contribution in [3.05, 3.63) is 13.1 Å². The van der Waals surface area contributed by atoms with Crippen LogP contribution in [0.3, 0.4) is 0 Å². The number of hydrogen-bond acceptors (Lipinski definition) is 5. The van der Waals surface area contributed by atoms with Gasteiger partial charge in [0.15, 0.2) is 12.4 Å². The first-order valence-electron chi connectivity index (χ1n) is 5.35. The van der Waals surface area contributed by atoms with E-state index in [4.69, 9.17) is 14.6 Å². The Balaban J connectivity index is 2.35. The molecule has 0 atom stereocenters. The molecule has 0 radical (unpaired) electrons. The van der Waals surface area contributed by atoms with Crippen molar-refractivity contribution in [3.8, 4) is 5.75 Å². The molecule has 5 nitrogen and oxygen atoms in total. The number of aliphatic carboxylic acids is 1. The van der Waals surface area contributed by atoms with E-state index in [9.17, 15) is 4.79 Å². The Kier molecular flexibility index (Phi) is 4.22. The quantitative estimate of drug-likeness (QED) is 0.823. The molecule has 0 saturated carbocycles. The van der Waals surface area contributed by atoms with Crippen molar-refractivity contribution >= 4 is 55.1 Å². The predicted octanol–water partition coefficient (Wildman–Crippen LogP) is 3.29. The molecule has 2 rings (SSSR count). The van der Waals surface area contributed by atoms with Crippen LogP contribution in [0.25, 0.3) is 0 Å². The molecule has 1 N–H and O–H groups in total. The molecule has 1 aliphatic rings. The van der Waals surface area contributed by atoms with Crippen molar-refractivity contribution in [2.45, 2.75) is 19.4 Å². The number of aliphatic imine (C=N–C) groups is 1. The molecule has 2 heterocycles. The maximum Gasteiger partial charge on any atom is 0.341 e. The van der Waals surface area contributed by atoms with Crippen LogP contribution in [0.5, 0.6) is 5.75 Å². The van der Waals surface area contributed by atoms with Crippen LogP contribution < -0.4 is 4.74 Å². The number of carboxylic acid groups (broad SMARTS) is 1. The monoisotopic (exact) mass is 411 g/mol. The minimum Gasteiger partial charge on any atom is -0.479 e. The van der Waals surface area contributed by atoms with E-state index >= 15 is 0 Å². The van der Waals surface area contributed by atoms with Crippen molar-refractivity contribution < 1.29 is 19.4 Å². The van der Waals surface area contributed by atoms with Gasteiger partial charge in [0.25, 0.3) is 0 Å². The highest BCUT2D eigenvalue weighted by Crippen LogP contribution is 2.44. The summed E-state index contributed by atoms with van der Waals surface area (Å²) in [5.41, 5.74) is -0.275. The number of ether oxygens (including phenoxy) is 2. The van der Waals surface area contributed by atoms with Gasteiger partial charge >= 0.3 is 5.97 Å². The summed E-state index contributed by atoms with van der Waals surface area (Å²) in [6, 6.07) is 0. The van der Waals surface area contributed by atoms with Crippen LogP contribution in [0.1, 0.15) is 18.7 Å². The largest absolute Gasteiger partial charge is 0.479 e. The molecule has 0 fully saturated rings. The van der Waals surface area contributed by atoms with Crippen LogP contribution in [0, 0.1) is 0 Å². The third-order valence-corrected chi connectivity index (χ3v) is 5.65. The molecule has 0 unspecified atom stereocenters. The van der Waals surface area contributed by atoms with Gasteiger partial charge in [0, 0.05) is 0 Å². The summed E-state index contributed by atoms with van der Waals surface area (Å²) in [7, 11) is 0. The zero-order valence-corrected chi connectivity index (χ0v) is 14.2. The van der Waals surface area contributed by atoms with Crippen LogP contribution in [0.15, 0.2) is 13.3 Å². The van der Waals surface area contributed by atoms with Gasteiger partial charge in [0.05, 0.1) is 13.8 Å². The lowest BCUT2D eigenvalue weighted by Gasteiger charge is -2.07. The molecule has 0 amide bonds. The number of carboxylic acids is 1. The molecular weight excluding hydrogens is 402 g/mol. The van der Waals surface area contributed by atoms with Crippen molar-refractivity contribution in [1.29, 1.82) is 0 Å². The van der Waals surface area contributed by atoms with Crippen molar-refractivity contribution in [1.82, 2.24) is 0 Å². The van der Waals surface area contributed by atoms with E-state index in [0.717, 1.165) is 3.79 Å². The third kappa shape index (κ3) is 3.29. The molecule has 0 spiro atoms. The summed E-state index contributed by atoms with van der Waals surface area (Å²) in [6.07, 6.45) is 0. The molecule has 0 aromatic carbocycles. The Labute approximate surface area is 130 Å². The molecule has 104 valence electrons. The molecule has 1 aromatic rings. The zero-order valence-electron chi connectivity index (χ0n) is 10.2. The summed E-state index contributed by atoms with van der Waals surface area (Å²) < 4.78 is 12.3. The van der Waals surface area contributed by atoms with Crippen molar-refractivity contribution in [2.24, 2.45) is 4.99 Å². The summed E-state index contributed by atoms with van der Waals surface area (Å²) in [5, 5.41) is 8.70. The number of thiophene rings is 1. The van der Waals surface area contributed by atoms with E-state index in [-0.39, 0.29) is 5.54 Å². The fourth-order valence-corrected chi connectivity index (χ4v) is 3.63. The zero-order chi connectivity index (χ0) is 14.2. The summed E-state index contributed by atoms with van der Waals surface area (Å²) in [5.74, 6) is -0.104. The summed E-state index contributed by atoms with van der Waals surface area (Å²) in [6.45, 7) is 4.02. The highest BCUT2D eigenvalue weighted by Gasteiger charge is 2.31. The van der Waals surface area contributed by atoms with E-state index < -0.39 is 12.6 Å². The molecule has 1 aromatic heterocycles. The highest BCUT2D eigenvalue weighted by atomic mass is 79.9. The lowest BCUT2D eigenvalue weighted by Crippen LogP contribution is -2.17. The third-order valence-electron chi connectivity index (χ3n) is 2.27. The van der Waals surface area contributed by atoms with Crippen LogP contribution in [-0.2, 0) is 9.53 Å². The van der Waals surface area contributed by atoms with Gasteiger partial charge in [-0.25, -0.2) is 9.79 Å². The first-order chi connectivity index (χ1) is 8.80. The normalized spacial score (nSPS) is 16.9. The fourth-order valence-electron chi connectivity index (χ4n) is 1.47. The second kappa shape index (κ2) is 5.41. The molecule has 0 bridgehead atoms. The Bertz CT molecular complexity index is 553. The van der Waals surface area contributed by atoms with Crippen LogP contribution in [0.2, 0.25) is 0 Å². The molecular formula is C11H11Br2NO4S. The molecule has 8 heteroatoms. The molecule has 0 aliphatic carbocycles. The first kappa shape index (κ1) is 14.8. The van der Waals surface area contributed by atoms with E-state index in [0.29, 0.717) is 27.6 Å². The minimum absolute atomic E-state index is 0.275. The van der Waals surface area contributed by atoms with Gasteiger partial charge in [-0.2, -0.15) is 0 Å². The van der Waals surface area contributed by atoms with E-state index in [1.165, 1.54) is 11.3 Å². The summed E-state index contributed by atoms with van der Waals surface area (Å²) in [4.78, 5) is 15.8. The molecule has 1 aliphatic heterocycles. The van der Waals surface area contributed by atoms with Gasteiger partial charge < -0.3 is 14.6 Å². The Morgan fingerprint density at radius 2 is 2.26 bits per heavy atom. The Morgan fingerprint density at radius 1 is 1.58 bits per heavy atom. The van der Waals surface area contributed by atoms with Gasteiger partial charge in [-0.3, -0.25) is 0 Å². The highest BCUT2D eigenvalue weighted by molar-refractivity contribution is 9.13. The molecule has 19 heavy (non-hydrogen) atoms. The summed E-state index contributed by atoms with van der Waals surface area (Å²) >= 11 is 8.13. The van der Waals surface area contributed by atoms with Crippen molar-refractivity contribution in [3.63, 3.8) is 0 Å². The maximum atomic E-state index is 10.6. The average Bonchev–Trinajstić information content (AvgIpc) is 2.79. The second-order valence-corrected chi connectivity index (χ2v) is 7.68. The first-order valence-corrected chi connectivity index (χ1v) is 7.76. The number of nitrogens with zero attached hydrogens (tertiary/aromatic N) is 1. The maximum absolute atomic E-state index is 10.6. The lowest BCUT2D eigenvalue weighted by atomic mass is 10.1. The standard InChI is InChI=1S/C11H11Br2NO4S/c1-11(2)4-18-10(14-11)8-7(17-3-5(15)16)6(12)9(13)19-8/h3-4H2,1-2H3,(H,15,16). The molecule has 0 saturated heterocycles. The Morgan fingerprint density at radius 3 is 2.79 bits per heavy atom. The smallest absolute Gasteiger partial charge is 0.341 e. The average molecular weight is 413 g/mol. The predicted molar refractivity (Wildman–Crippen MR) is 79.4 cm³/mol. The van der Waals surface area contributed by atoms with Crippen LogP contribution in [-0.4, -0.2) is 35.7 Å². The number of halogens is 2. The van der Waals surface area contributed by atoms with Crippen LogP contribution >= 0.6 is 43.2 Å². The van der Waals surface area contributed by atoms with Gasteiger partial charge in [-0.05, 0) is 45.7 Å².